The minimum Gasteiger partial charge on any atom is -0.321 e. The molecule has 0 fully saturated rings. The van der Waals surface area contributed by atoms with Gasteiger partial charge in [-0.2, -0.15) is 5.10 Å². The Morgan fingerprint density at radius 3 is 2.94 bits per heavy atom. The van der Waals surface area contributed by atoms with Crippen LogP contribution in [0.2, 0.25) is 0 Å². The van der Waals surface area contributed by atoms with Crippen molar-refractivity contribution < 1.29 is 18.7 Å². The van der Waals surface area contributed by atoms with Gasteiger partial charge in [0.1, 0.15) is 5.30 Å². The summed E-state index contributed by atoms with van der Waals surface area (Å²) in [6, 6.07) is 0. The van der Waals surface area contributed by atoms with Crippen LogP contribution >= 0.6 is 7.60 Å². The molecule has 2 heterocycles. The van der Waals surface area contributed by atoms with Crippen LogP contribution in [0.15, 0.2) is 12.4 Å². The third kappa shape index (κ3) is 1.63. The summed E-state index contributed by atoms with van der Waals surface area (Å²) in [5.41, 5.74) is 0.534. The minimum absolute atomic E-state index is 0.204. The number of hydrogen-bond acceptors (Lipinski definition) is 4. The maximum atomic E-state index is 11.8. The van der Waals surface area contributed by atoms with Gasteiger partial charge in [-0.3, -0.25) is 4.57 Å². The van der Waals surface area contributed by atoms with Crippen LogP contribution in [0.4, 0.5) is 0 Å². The van der Waals surface area contributed by atoms with Crippen LogP contribution < -0.4 is 9.99 Å². The van der Waals surface area contributed by atoms with Crippen molar-refractivity contribution in [1.29, 1.82) is 0 Å². The van der Waals surface area contributed by atoms with E-state index in [1.165, 1.54) is 28.9 Å². The molecular weight excluding hydrogens is 231 g/mol. The topological polar surface area (TPSA) is 81.1 Å². The van der Waals surface area contributed by atoms with Crippen LogP contribution in [0.25, 0.3) is 11.0 Å². The molecular formula is C8H12N4O3P+. The lowest BCUT2D eigenvalue weighted by Gasteiger charge is -2.07. The molecule has 2 aromatic heterocycles. The SMILES string of the molecule is COP(=O)(O)c1c[n+](C)nc2c1cnn2C. The van der Waals surface area contributed by atoms with E-state index in [2.05, 4.69) is 14.7 Å². The largest absolute Gasteiger partial charge is 0.365 e. The molecule has 8 heteroatoms. The Morgan fingerprint density at radius 2 is 2.31 bits per heavy atom. The minimum atomic E-state index is -3.80. The van der Waals surface area contributed by atoms with E-state index in [0.29, 0.717) is 11.0 Å². The van der Waals surface area contributed by atoms with Gasteiger partial charge in [-0.25, -0.2) is 4.68 Å². The molecule has 0 aliphatic rings. The molecule has 0 radical (unpaired) electrons. The van der Waals surface area contributed by atoms with E-state index in [0.717, 1.165) is 0 Å². The van der Waals surface area contributed by atoms with Crippen molar-refractivity contribution in [2.24, 2.45) is 14.1 Å². The van der Waals surface area contributed by atoms with Crippen LogP contribution in [-0.2, 0) is 23.2 Å². The number of fused-ring (bicyclic) bond motifs is 1. The summed E-state index contributed by atoms with van der Waals surface area (Å²) in [5, 5.41) is 8.90. The molecule has 1 N–H and O–H groups in total. The van der Waals surface area contributed by atoms with Crippen molar-refractivity contribution in [3.8, 4) is 0 Å². The molecule has 0 spiro atoms. The number of hydrogen-bond donors (Lipinski definition) is 1. The molecule has 0 amide bonds. The predicted octanol–water partition coefficient (Wildman–Crippen LogP) is -0.750. The molecule has 0 bridgehead atoms. The normalized spacial score (nSPS) is 15.2. The molecule has 2 aromatic rings. The summed E-state index contributed by atoms with van der Waals surface area (Å²) in [6.45, 7) is 0. The Kier molecular flexibility index (Phi) is 2.53. The summed E-state index contributed by atoms with van der Waals surface area (Å²) in [7, 11) is 0.787. The molecule has 0 aliphatic carbocycles. The summed E-state index contributed by atoms with van der Waals surface area (Å²) < 4.78 is 19.4. The lowest BCUT2D eigenvalue weighted by atomic mass is 10.4. The smallest absolute Gasteiger partial charge is 0.321 e. The molecule has 16 heavy (non-hydrogen) atoms. The van der Waals surface area contributed by atoms with Crippen LogP contribution in [0.1, 0.15) is 0 Å². The first kappa shape index (κ1) is 11.2. The van der Waals surface area contributed by atoms with E-state index in [1.54, 1.807) is 14.1 Å². The van der Waals surface area contributed by atoms with Gasteiger partial charge < -0.3 is 9.42 Å². The number of aromatic nitrogens is 4. The Bertz CT molecular complexity index is 594. The number of aryl methyl sites for hydroxylation is 2. The molecule has 0 saturated heterocycles. The van der Waals surface area contributed by atoms with Gasteiger partial charge in [-0.15, -0.1) is 0 Å². The maximum Gasteiger partial charge on any atom is 0.365 e. The van der Waals surface area contributed by atoms with Crippen molar-refractivity contribution in [1.82, 2.24) is 14.9 Å². The van der Waals surface area contributed by atoms with E-state index < -0.39 is 7.60 Å². The van der Waals surface area contributed by atoms with Gasteiger partial charge in [0.2, 0.25) is 11.8 Å². The fourth-order valence-electron chi connectivity index (χ4n) is 1.48. The standard InChI is InChI=1S/C8H11N4O3P/c1-11-5-7(16(13,14)15-3)6-4-9-12(2)8(6)10-11/h4-5H,1-3H3/p+1. The van der Waals surface area contributed by atoms with Crippen LogP contribution in [0, 0.1) is 0 Å². The lowest BCUT2D eigenvalue weighted by molar-refractivity contribution is -0.727. The quantitative estimate of drug-likeness (QED) is 0.554. The Morgan fingerprint density at radius 1 is 1.62 bits per heavy atom. The van der Waals surface area contributed by atoms with Crippen molar-refractivity contribution in [2.45, 2.75) is 0 Å². The molecule has 2 rings (SSSR count). The molecule has 0 aromatic carbocycles. The molecule has 86 valence electrons. The zero-order chi connectivity index (χ0) is 11.9. The fourth-order valence-corrected chi connectivity index (χ4v) is 2.45. The van der Waals surface area contributed by atoms with E-state index >= 15 is 0 Å². The average Bonchev–Trinajstić information content (AvgIpc) is 2.59. The summed E-state index contributed by atoms with van der Waals surface area (Å²) in [6.07, 6.45) is 2.97. The van der Waals surface area contributed by atoms with Crippen molar-refractivity contribution in [3.05, 3.63) is 12.4 Å². The maximum absolute atomic E-state index is 11.8. The predicted molar refractivity (Wildman–Crippen MR) is 56.2 cm³/mol. The first-order valence-electron chi connectivity index (χ1n) is 4.53. The monoisotopic (exact) mass is 243 g/mol. The van der Waals surface area contributed by atoms with Crippen LogP contribution in [0.3, 0.4) is 0 Å². The van der Waals surface area contributed by atoms with Gasteiger partial charge in [0, 0.05) is 19.3 Å². The summed E-state index contributed by atoms with van der Waals surface area (Å²) in [5.74, 6) is 0. The summed E-state index contributed by atoms with van der Waals surface area (Å²) >= 11 is 0. The second-order valence-corrected chi connectivity index (χ2v) is 5.28. The van der Waals surface area contributed by atoms with Gasteiger partial charge in [-0.1, -0.05) is 4.68 Å². The second kappa shape index (κ2) is 3.62. The van der Waals surface area contributed by atoms with Crippen molar-refractivity contribution in [2.75, 3.05) is 7.11 Å². The molecule has 0 aliphatic heterocycles. The second-order valence-electron chi connectivity index (χ2n) is 3.40. The van der Waals surface area contributed by atoms with Crippen molar-refractivity contribution >= 4 is 23.9 Å². The zero-order valence-corrected chi connectivity index (χ0v) is 10.0. The van der Waals surface area contributed by atoms with Gasteiger partial charge in [0.25, 0.3) is 0 Å². The van der Waals surface area contributed by atoms with E-state index in [1.807, 2.05) is 0 Å². The van der Waals surface area contributed by atoms with Gasteiger partial charge in [0.15, 0.2) is 7.05 Å². The molecule has 0 saturated carbocycles. The Labute approximate surface area is 91.8 Å². The number of rotatable bonds is 2. The lowest BCUT2D eigenvalue weighted by Crippen LogP contribution is -2.37. The number of nitrogens with zero attached hydrogens (tertiary/aromatic N) is 4. The van der Waals surface area contributed by atoms with E-state index in [-0.39, 0.29) is 5.30 Å². The highest BCUT2D eigenvalue weighted by molar-refractivity contribution is 7.61. The highest BCUT2D eigenvalue weighted by Crippen LogP contribution is 2.40. The third-order valence-corrected chi connectivity index (χ3v) is 3.76. The van der Waals surface area contributed by atoms with Crippen LogP contribution in [0.5, 0.6) is 0 Å². The molecule has 1 unspecified atom stereocenters. The van der Waals surface area contributed by atoms with E-state index in [4.69, 9.17) is 0 Å². The van der Waals surface area contributed by atoms with Crippen molar-refractivity contribution in [3.63, 3.8) is 0 Å². The fraction of sp³-hybridized carbons (Fsp3) is 0.375. The van der Waals surface area contributed by atoms with Gasteiger partial charge in [0.05, 0.1) is 11.6 Å². The van der Waals surface area contributed by atoms with Crippen LogP contribution in [-0.4, -0.2) is 26.9 Å². The molecule has 1 atom stereocenters. The first-order chi connectivity index (χ1) is 7.45. The Balaban J connectivity index is 2.84. The zero-order valence-electron chi connectivity index (χ0n) is 9.15. The average molecular weight is 243 g/mol. The highest BCUT2D eigenvalue weighted by atomic mass is 31.2. The van der Waals surface area contributed by atoms with E-state index in [9.17, 15) is 9.46 Å². The molecule has 7 nitrogen and oxygen atoms in total. The Hall–Kier alpha value is -1.30. The van der Waals surface area contributed by atoms with Gasteiger partial charge in [-0.05, 0) is 0 Å². The highest BCUT2D eigenvalue weighted by Gasteiger charge is 2.29. The summed E-state index contributed by atoms with van der Waals surface area (Å²) in [4.78, 5) is 9.68. The van der Waals surface area contributed by atoms with Gasteiger partial charge >= 0.3 is 7.60 Å². The first-order valence-corrected chi connectivity index (χ1v) is 6.11. The third-order valence-electron chi connectivity index (χ3n) is 2.30.